The van der Waals surface area contributed by atoms with Crippen molar-refractivity contribution in [3.05, 3.63) is 0 Å². The van der Waals surface area contributed by atoms with Crippen LogP contribution in [0.4, 0.5) is 0 Å². The Kier molecular flexibility index (Phi) is 9.47. The first-order valence-electron chi connectivity index (χ1n) is 6.33. The molecule has 0 saturated heterocycles. The Bertz CT molecular complexity index is 243. The number of hydrogen-bond acceptors (Lipinski definition) is 4. The third kappa shape index (κ3) is 7.56. The Morgan fingerprint density at radius 1 is 1.18 bits per heavy atom. The van der Waals surface area contributed by atoms with E-state index in [4.69, 9.17) is 9.47 Å². The largest absolute Gasteiger partial charge is 0.465 e. The van der Waals surface area contributed by atoms with Crippen molar-refractivity contribution in [2.45, 2.75) is 46.4 Å². The molecule has 0 spiro atoms. The molecule has 0 bridgehead atoms. The zero-order chi connectivity index (χ0) is 13.3. The lowest BCUT2D eigenvalue weighted by Crippen LogP contribution is -2.19. The smallest absolute Gasteiger partial charge is 0.309 e. The predicted octanol–water partition coefficient (Wildman–Crippen LogP) is 2.91. The van der Waals surface area contributed by atoms with Gasteiger partial charge in [-0.05, 0) is 19.8 Å². The zero-order valence-electron chi connectivity index (χ0n) is 11.3. The predicted molar refractivity (Wildman–Crippen MR) is 70.0 cm³/mol. The van der Waals surface area contributed by atoms with Crippen molar-refractivity contribution in [2.24, 2.45) is 5.92 Å². The van der Waals surface area contributed by atoms with Crippen LogP contribution in [0.3, 0.4) is 0 Å². The van der Waals surface area contributed by atoms with Gasteiger partial charge in [0.05, 0.1) is 12.5 Å². The minimum Gasteiger partial charge on any atom is -0.465 e. The van der Waals surface area contributed by atoms with Crippen molar-refractivity contribution in [1.29, 1.82) is 0 Å². The molecule has 0 radical (unpaired) electrons. The third-order valence-corrected chi connectivity index (χ3v) is 4.47. The fraction of sp³-hybridized carbons (Fsp3) is 0.917. The van der Waals surface area contributed by atoms with Gasteiger partial charge in [0, 0.05) is 12.8 Å². The molecule has 0 aliphatic rings. The first-order valence-corrected chi connectivity index (χ1v) is 8.03. The monoisotopic (exact) mass is 264 g/mol. The molecular weight excluding hydrogens is 239 g/mol. The topological polar surface area (TPSA) is 52.6 Å². The third-order valence-electron chi connectivity index (χ3n) is 2.38. The second kappa shape index (κ2) is 9.67. The Hall–Kier alpha value is -0.340. The Labute approximate surface area is 105 Å². The maximum absolute atomic E-state index is 11.9. The fourth-order valence-electron chi connectivity index (χ4n) is 1.28. The van der Waals surface area contributed by atoms with Gasteiger partial charge in [-0.25, -0.2) is 0 Å². The highest BCUT2D eigenvalue weighted by Gasteiger charge is 2.20. The van der Waals surface area contributed by atoms with Gasteiger partial charge in [0.2, 0.25) is 0 Å². The van der Waals surface area contributed by atoms with Crippen molar-refractivity contribution in [3.8, 4) is 0 Å². The molecule has 5 heteroatoms. The molecule has 0 saturated carbocycles. The molecule has 0 amide bonds. The normalized spacial score (nSPS) is 16.2. The van der Waals surface area contributed by atoms with Crippen LogP contribution in [-0.4, -0.2) is 31.2 Å². The molecule has 0 aromatic rings. The number of hydrogen-bond donors (Lipinski definition) is 0. The molecule has 0 heterocycles. The lowest BCUT2D eigenvalue weighted by atomic mass is 10.2. The fourth-order valence-corrected chi connectivity index (χ4v) is 2.69. The van der Waals surface area contributed by atoms with Crippen LogP contribution in [0.2, 0.25) is 0 Å². The number of carbonyl (C=O) groups is 1. The maximum atomic E-state index is 11.9. The maximum Gasteiger partial charge on any atom is 0.309 e. The van der Waals surface area contributed by atoms with Gasteiger partial charge in [-0.15, -0.1) is 0 Å². The van der Waals surface area contributed by atoms with Crippen molar-refractivity contribution in [2.75, 3.05) is 19.4 Å². The first kappa shape index (κ1) is 16.7. The van der Waals surface area contributed by atoms with Crippen LogP contribution >= 0.6 is 7.80 Å². The quantitative estimate of drug-likeness (QED) is 0.474. The summed E-state index contributed by atoms with van der Waals surface area (Å²) in [4.78, 5) is 11.5. The summed E-state index contributed by atoms with van der Waals surface area (Å²) in [7, 11) is -1.88. The molecule has 17 heavy (non-hydrogen) atoms. The molecule has 102 valence electrons. The lowest BCUT2D eigenvalue weighted by molar-refractivity contribution is -0.147. The van der Waals surface area contributed by atoms with Crippen LogP contribution in [0, 0.1) is 5.92 Å². The highest BCUT2D eigenvalue weighted by atomic mass is 31.1. The average Bonchev–Trinajstić information content (AvgIpc) is 2.32. The molecule has 0 aromatic carbocycles. The van der Waals surface area contributed by atoms with Crippen LogP contribution in [0.5, 0.6) is 0 Å². The van der Waals surface area contributed by atoms with Gasteiger partial charge in [-0.3, -0.25) is 4.79 Å². The highest BCUT2D eigenvalue weighted by molar-refractivity contribution is 7.45. The lowest BCUT2D eigenvalue weighted by Gasteiger charge is -2.15. The minimum atomic E-state index is -1.88. The van der Waals surface area contributed by atoms with E-state index in [1.807, 2.05) is 13.8 Å². The summed E-state index contributed by atoms with van der Waals surface area (Å²) in [5, 5.41) is 0. The summed E-state index contributed by atoms with van der Waals surface area (Å²) in [6, 6.07) is 0. The Morgan fingerprint density at radius 3 is 2.29 bits per heavy atom. The van der Waals surface area contributed by atoms with E-state index >= 15 is 0 Å². The molecule has 3 atom stereocenters. The van der Waals surface area contributed by atoms with Crippen LogP contribution in [0.25, 0.3) is 0 Å². The molecule has 0 fully saturated rings. The molecule has 4 nitrogen and oxygen atoms in total. The highest BCUT2D eigenvalue weighted by Crippen LogP contribution is 2.31. The van der Waals surface area contributed by atoms with E-state index in [1.54, 1.807) is 13.8 Å². The minimum absolute atomic E-state index is 0.249. The summed E-state index contributed by atoms with van der Waals surface area (Å²) < 4.78 is 22.3. The molecule has 0 aromatic heterocycles. The molecule has 0 rings (SSSR count). The van der Waals surface area contributed by atoms with Gasteiger partial charge in [0.15, 0.2) is 0 Å². The van der Waals surface area contributed by atoms with Gasteiger partial charge < -0.3 is 14.0 Å². The van der Waals surface area contributed by atoms with E-state index in [1.165, 1.54) is 0 Å². The van der Waals surface area contributed by atoms with E-state index in [0.717, 1.165) is 12.8 Å². The van der Waals surface area contributed by atoms with E-state index in [9.17, 15) is 9.36 Å². The average molecular weight is 264 g/mol. The van der Waals surface area contributed by atoms with Gasteiger partial charge in [-0.1, -0.05) is 20.8 Å². The van der Waals surface area contributed by atoms with Crippen LogP contribution in [0.1, 0.15) is 40.5 Å². The zero-order valence-corrected chi connectivity index (χ0v) is 12.3. The number of carbonyl (C=O) groups excluding carboxylic acids is 1. The molecule has 0 N–H and O–H groups in total. The van der Waals surface area contributed by atoms with E-state index in [0.29, 0.717) is 19.4 Å². The van der Waals surface area contributed by atoms with Crippen molar-refractivity contribution in [1.82, 2.24) is 0 Å². The van der Waals surface area contributed by atoms with Gasteiger partial charge in [-0.2, -0.15) is 0 Å². The van der Waals surface area contributed by atoms with Gasteiger partial charge in [0.25, 0.3) is 0 Å². The summed E-state index contributed by atoms with van der Waals surface area (Å²) >= 11 is 0. The van der Waals surface area contributed by atoms with Crippen molar-refractivity contribution in [3.63, 3.8) is 0 Å². The van der Waals surface area contributed by atoms with Crippen molar-refractivity contribution < 1.29 is 18.8 Å². The molecule has 0 aliphatic heterocycles. The van der Waals surface area contributed by atoms with Gasteiger partial charge >= 0.3 is 5.97 Å². The van der Waals surface area contributed by atoms with E-state index < -0.39 is 7.80 Å². The summed E-state index contributed by atoms with van der Waals surface area (Å²) in [6.45, 7) is 8.57. The van der Waals surface area contributed by atoms with Gasteiger partial charge in [0.1, 0.15) is 13.6 Å². The number of rotatable bonds is 9. The number of ether oxygens (including phenoxy) is 2. The Balaban J connectivity index is 3.97. The summed E-state index contributed by atoms with van der Waals surface area (Å²) in [5.74, 6) is -0.810. The summed E-state index contributed by atoms with van der Waals surface area (Å²) in [6.07, 6.45) is 2.09. The second-order valence-corrected chi connectivity index (χ2v) is 6.41. The standard InChI is InChI=1S/C12H25O4P/c1-5-7-15-11(4)17(14)9-10(3)12(13)16-8-6-2/h10-11,17H,5-9H2,1-4H3. The van der Waals surface area contributed by atoms with Crippen LogP contribution in [0.15, 0.2) is 0 Å². The SMILES string of the molecule is CCCOC(=O)C(C)C[PH](=O)C(C)OCCC. The van der Waals surface area contributed by atoms with Crippen LogP contribution < -0.4 is 0 Å². The Morgan fingerprint density at radius 2 is 1.76 bits per heavy atom. The number of esters is 1. The van der Waals surface area contributed by atoms with Crippen molar-refractivity contribution >= 4 is 13.8 Å². The first-order chi connectivity index (χ1) is 8.02. The van der Waals surface area contributed by atoms with Crippen LogP contribution in [-0.2, 0) is 18.8 Å². The van der Waals surface area contributed by atoms with E-state index in [-0.39, 0.29) is 17.7 Å². The molecule has 3 unspecified atom stereocenters. The van der Waals surface area contributed by atoms with E-state index in [2.05, 4.69) is 0 Å². The summed E-state index contributed by atoms with van der Waals surface area (Å²) in [5.41, 5.74) is 0. The second-order valence-electron chi connectivity index (χ2n) is 4.25. The molecule has 0 aliphatic carbocycles. The molecular formula is C12H25O4P.